The van der Waals surface area contributed by atoms with Crippen molar-refractivity contribution in [1.29, 1.82) is 0 Å². The Balaban J connectivity index is 1.85. The highest BCUT2D eigenvalue weighted by Crippen LogP contribution is 2.39. The first-order valence-corrected chi connectivity index (χ1v) is 12.7. The van der Waals surface area contributed by atoms with Gasteiger partial charge in [0.2, 0.25) is 0 Å². The van der Waals surface area contributed by atoms with Crippen molar-refractivity contribution < 1.29 is 5.11 Å². The maximum atomic E-state index is 11.2. The number of aliphatic imine (C=N–C) groups is 1. The van der Waals surface area contributed by atoms with Gasteiger partial charge in [-0.2, -0.15) is 0 Å². The van der Waals surface area contributed by atoms with Gasteiger partial charge in [0.05, 0.1) is 5.69 Å². The fraction of sp³-hybridized carbons (Fsp3) is 0.265. The van der Waals surface area contributed by atoms with E-state index >= 15 is 0 Å². The molecule has 4 aromatic rings. The third-order valence-corrected chi connectivity index (χ3v) is 6.67. The van der Waals surface area contributed by atoms with E-state index < -0.39 is 0 Å². The fourth-order valence-electron chi connectivity index (χ4n) is 4.59. The molecule has 0 aliphatic carbocycles. The van der Waals surface area contributed by atoms with Crippen LogP contribution in [0, 0.1) is 0 Å². The van der Waals surface area contributed by atoms with Gasteiger partial charge >= 0.3 is 0 Å². The van der Waals surface area contributed by atoms with Gasteiger partial charge in [-0.3, -0.25) is 4.99 Å². The molecule has 0 radical (unpaired) electrons. The predicted molar refractivity (Wildman–Crippen MR) is 153 cm³/mol. The van der Waals surface area contributed by atoms with Crippen molar-refractivity contribution in [1.82, 2.24) is 0 Å². The van der Waals surface area contributed by atoms with Crippen molar-refractivity contribution in [2.24, 2.45) is 4.99 Å². The Morgan fingerprint density at radius 3 is 1.72 bits per heavy atom. The third-order valence-electron chi connectivity index (χ3n) is 6.67. The van der Waals surface area contributed by atoms with Gasteiger partial charge < -0.3 is 5.11 Å². The van der Waals surface area contributed by atoms with Crippen LogP contribution in [-0.2, 0) is 10.8 Å². The summed E-state index contributed by atoms with van der Waals surface area (Å²) >= 11 is 0. The number of rotatable bonds is 5. The van der Waals surface area contributed by atoms with Crippen LogP contribution >= 0.6 is 0 Å². The lowest BCUT2D eigenvalue weighted by Crippen LogP contribution is -2.17. The molecule has 0 aliphatic heterocycles. The number of hydrogen-bond donors (Lipinski definition) is 1. The van der Waals surface area contributed by atoms with Crippen molar-refractivity contribution in [2.45, 2.75) is 58.3 Å². The summed E-state index contributed by atoms with van der Waals surface area (Å²) in [5.74, 6) is 0.361. The van der Waals surface area contributed by atoms with E-state index in [1.54, 1.807) is 0 Å². The van der Waals surface area contributed by atoms with Crippen LogP contribution in [0.15, 0.2) is 102 Å². The van der Waals surface area contributed by atoms with Gasteiger partial charge in [-0.15, -0.1) is 0 Å². The summed E-state index contributed by atoms with van der Waals surface area (Å²) < 4.78 is 0. The summed E-state index contributed by atoms with van der Waals surface area (Å²) in [7, 11) is 0. The van der Waals surface area contributed by atoms with Gasteiger partial charge in [0.25, 0.3) is 0 Å². The second-order valence-corrected chi connectivity index (χ2v) is 11.5. The van der Waals surface area contributed by atoms with Crippen LogP contribution in [0.3, 0.4) is 0 Å². The standard InChI is InChI=1S/C34H37NO/c1-33(2,3)27-21-26(32(36)29(22-27)34(4,5)6)23-35-30-20-14-13-19-28(30)31(24-15-9-7-10-16-24)25-17-11-8-12-18-25/h7-23,31,36H,1-6H3. The Kier molecular flexibility index (Phi) is 7.17. The maximum absolute atomic E-state index is 11.2. The molecule has 0 fully saturated rings. The Morgan fingerprint density at radius 1 is 0.667 bits per heavy atom. The summed E-state index contributed by atoms with van der Waals surface area (Å²) in [6.07, 6.45) is 1.83. The van der Waals surface area contributed by atoms with Gasteiger partial charge in [-0.25, -0.2) is 0 Å². The molecule has 0 spiro atoms. The molecule has 0 aromatic heterocycles. The molecule has 0 unspecified atom stereocenters. The van der Waals surface area contributed by atoms with Crippen molar-refractivity contribution in [2.75, 3.05) is 0 Å². The Bertz CT molecular complexity index is 1300. The molecule has 4 rings (SSSR count). The van der Waals surface area contributed by atoms with Gasteiger partial charge in [0, 0.05) is 23.3 Å². The first kappa shape index (κ1) is 25.4. The average Bonchev–Trinajstić information content (AvgIpc) is 2.84. The van der Waals surface area contributed by atoms with E-state index in [1.807, 2.05) is 24.4 Å². The van der Waals surface area contributed by atoms with E-state index in [0.29, 0.717) is 5.75 Å². The molecule has 1 N–H and O–H groups in total. The van der Waals surface area contributed by atoms with E-state index in [0.717, 1.165) is 22.4 Å². The Hall–Kier alpha value is -3.65. The monoisotopic (exact) mass is 475 g/mol. The van der Waals surface area contributed by atoms with Crippen molar-refractivity contribution in [3.63, 3.8) is 0 Å². The summed E-state index contributed by atoms with van der Waals surface area (Å²) in [5, 5.41) is 11.2. The number of hydrogen-bond acceptors (Lipinski definition) is 2. The van der Waals surface area contributed by atoms with Crippen molar-refractivity contribution >= 4 is 11.9 Å². The Morgan fingerprint density at radius 2 is 1.19 bits per heavy atom. The Labute approximate surface area is 216 Å². The minimum absolute atomic E-state index is 0.0418. The largest absolute Gasteiger partial charge is 0.507 e. The molecule has 184 valence electrons. The summed E-state index contributed by atoms with van der Waals surface area (Å²) in [6, 6.07) is 33.6. The molecule has 0 heterocycles. The number of phenols is 1. The van der Waals surface area contributed by atoms with Crippen LogP contribution in [-0.4, -0.2) is 11.3 Å². The molecule has 0 saturated carbocycles. The van der Waals surface area contributed by atoms with Gasteiger partial charge in [0.1, 0.15) is 5.75 Å². The lowest BCUT2D eigenvalue weighted by atomic mass is 9.79. The highest BCUT2D eigenvalue weighted by Gasteiger charge is 2.25. The zero-order valence-electron chi connectivity index (χ0n) is 22.3. The molecule has 0 atom stereocenters. The van der Waals surface area contributed by atoms with Crippen LogP contribution in [0.25, 0.3) is 0 Å². The van der Waals surface area contributed by atoms with Crippen molar-refractivity contribution in [3.05, 3.63) is 130 Å². The van der Waals surface area contributed by atoms with Crippen LogP contribution in [0.1, 0.15) is 80.8 Å². The minimum Gasteiger partial charge on any atom is -0.507 e. The molecule has 4 aromatic carbocycles. The van der Waals surface area contributed by atoms with Crippen LogP contribution in [0.2, 0.25) is 0 Å². The highest BCUT2D eigenvalue weighted by atomic mass is 16.3. The van der Waals surface area contributed by atoms with Crippen LogP contribution < -0.4 is 0 Å². The smallest absolute Gasteiger partial charge is 0.128 e. The van der Waals surface area contributed by atoms with Gasteiger partial charge in [0.15, 0.2) is 0 Å². The topological polar surface area (TPSA) is 32.6 Å². The third kappa shape index (κ3) is 5.60. The average molecular weight is 476 g/mol. The van der Waals surface area contributed by atoms with E-state index in [2.05, 4.69) is 120 Å². The molecule has 0 amide bonds. The normalized spacial score (nSPS) is 12.4. The number of nitrogens with zero attached hydrogens (tertiary/aromatic N) is 1. The molecular weight excluding hydrogens is 438 g/mol. The lowest BCUT2D eigenvalue weighted by Gasteiger charge is -2.27. The number of benzene rings is 4. The second-order valence-electron chi connectivity index (χ2n) is 11.5. The molecule has 0 saturated heterocycles. The van der Waals surface area contributed by atoms with Crippen molar-refractivity contribution in [3.8, 4) is 5.75 Å². The quantitative estimate of drug-likeness (QED) is 0.227. The molecule has 2 heteroatoms. The van der Waals surface area contributed by atoms with Crippen LogP contribution in [0.4, 0.5) is 5.69 Å². The van der Waals surface area contributed by atoms with E-state index in [1.165, 1.54) is 16.7 Å². The molecule has 0 aliphatic rings. The second kappa shape index (κ2) is 10.1. The first-order valence-electron chi connectivity index (χ1n) is 12.7. The molecular formula is C34H37NO. The van der Waals surface area contributed by atoms with E-state index in [4.69, 9.17) is 4.99 Å². The predicted octanol–water partition coefficient (Wildman–Crippen LogP) is 8.92. The summed E-state index contributed by atoms with van der Waals surface area (Å²) in [5.41, 5.74) is 7.12. The number of aromatic hydroxyl groups is 1. The first-order chi connectivity index (χ1) is 17.1. The molecule has 0 bridgehead atoms. The zero-order valence-corrected chi connectivity index (χ0v) is 22.3. The summed E-state index contributed by atoms with van der Waals surface area (Å²) in [4.78, 5) is 4.97. The van der Waals surface area contributed by atoms with E-state index in [9.17, 15) is 5.11 Å². The number of phenolic OH excluding ortho intramolecular Hbond substituents is 1. The van der Waals surface area contributed by atoms with Gasteiger partial charge in [-0.1, -0.05) is 126 Å². The summed E-state index contributed by atoms with van der Waals surface area (Å²) in [6.45, 7) is 13.0. The molecule has 2 nitrogen and oxygen atoms in total. The maximum Gasteiger partial charge on any atom is 0.128 e. The minimum atomic E-state index is -0.183. The van der Waals surface area contributed by atoms with Gasteiger partial charge in [-0.05, 0) is 45.2 Å². The number of para-hydroxylation sites is 1. The van der Waals surface area contributed by atoms with Crippen LogP contribution in [0.5, 0.6) is 5.75 Å². The molecule has 36 heavy (non-hydrogen) atoms. The fourth-order valence-corrected chi connectivity index (χ4v) is 4.59. The highest BCUT2D eigenvalue weighted by molar-refractivity contribution is 5.87. The lowest BCUT2D eigenvalue weighted by molar-refractivity contribution is 0.444. The zero-order chi connectivity index (χ0) is 25.9. The van der Waals surface area contributed by atoms with E-state index in [-0.39, 0.29) is 16.7 Å². The SMILES string of the molecule is CC(C)(C)c1cc(C=Nc2ccccc2C(c2ccccc2)c2ccccc2)c(O)c(C(C)(C)C)c1.